The van der Waals surface area contributed by atoms with Crippen LogP contribution in [0.1, 0.15) is 27.2 Å². The number of hydroxylamine groups is 1. The first-order chi connectivity index (χ1) is 7.92. The Balaban J connectivity index is 4.15. The van der Waals surface area contributed by atoms with E-state index in [0.29, 0.717) is 12.1 Å². The zero-order valence-electron chi connectivity index (χ0n) is 10.8. The Bertz CT molecular complexity index is 292. The van der Waals surface area contributed by atoms with Gasteiger partial charge in [0.25, 0.3) is 0 Å². The van der Waals surface area contributed by atoms with Crippen molar-refractivity contribution < 1.29 is 14.4 Å². The number of hydrogen-bond acceptors (Lipinski definition) is 4. The zero-order valence-corrected chi connectivity index (χ0v) is 10.8. The molecule has 0 fully saturated rings. The summed E-state index contributed by atoms with van der Waals surface area (Å²) in [5.41, 5.74) is 3.10. The van der Waals surface area contributed by atoms with Crippen LogP contribution in [0, 0.1) is 0 Å². The zero-order chi connectivity index (χ0) is 13.4. The molecule has 0 aliphatic carbocycles. The minimum Gasteiger partial charge on any atom is -0.343 e. The lowest BCUT2D eigenvalue weighted by atomic mass is 10.2. The molecule has 6 nitrogen and oxygen atoms in total. The molecule has 0 aliphatic rings. The second-order valence-electron chi connectivity index (χ2n) is 3.72. The summed E-state index contributed by atoms with van der Waals surface area (Å²) < 4.78 is 0. The molecule has 0 heterocycles. The van der Waals surface area contributed by atoms with E-state index in [2.05, 4.69) is 27.5 Å². The maximum absolute atomic E-state index is 11.6. The SMILES string of the molecule is C=C(CC)NC(=O)[C@H](C)NC(=O)[C@H](C)NOC. The number of amides is 2. The lowest BCUT2D eigenvalue weighted by molar-refractivity contribution is -0.131. The molecule has 0 aromatic heterocycles. The van der Waals surface area contributed by atoms with E-state index in [9.17, 15) is 9.59 Å². The summed E-state index contributed by atoms with van der Waals surface area (Å²) >= 11 is 0. The van der Waals surface area contributed by atoms with Crippen molar-refractivity contribution >= 4 is 11.8 Å². The number of rotatable bonds is 7. The van der Waals surface area contributed by atoms with E-state index in [4.69, 9.17) is 0 Å². The van der Waals surface area contributed by atoms with Crippen molar-refractivity contribution in [1.29, 1.82) is 0 Å². The third-order valence-corrected chi connectivity index (χ3v) is 2.17. The van der Waals surface area contributed by atoms with Gasteiger partial charge in [0.2, 0.25) is 11.8 Å². The van der Waals surface area contributed by atoms with Gasteiger partial charge >= 0.3 is 0 Å². The smallest absolute Gasteiger partial charge is 0.246 e. The molecule has 2 amide bonds. The van der Waals surface area contributed by atoms with Crippen LogP contribution in [0.2, 0.25) is 0 Å². The number of carbonyl (C=O) groups is 2. The Kier molecular flexibility index (Phi) is 7.16. The molecule has 0 saturated carbocycles. The standard InChI is InChI=1S/C11H21N3O3/c1-6-7(2)12-10(15)8(3)13-11(16)9(4)14-17-5/h8-9,14H,2,6H2,1,3-5H3,(H,12,15)(H,13,16)/t8-,9-/m0/s1. The van der Waals surface area contributed by atoms with Crippen LogP contribution >= 0.6 is 0 Å². The lowest BCUT2D eigenvalue weighted by Gasteiger charge is -2.17. The van der Waals surface area contributed by atoms with Gasteiger partial charge in [-0.1, -0.05) is 13.5 Å². The van der Waals surface area contributed by atoms with Crippen LogP contribution < -0.4 is 16.1 Å². The molecule has 0 rings (SSSR count). The summed E-state index contributed by atoms with van der Waals surface area (Å²) in [5, 5.41) is 5.16. The molecule has 0 spiro atoms. The van der Waals surface area contributed by atoms with Crippen molar-refractivity contribution in [2.24, 2.45) is 0 Å². The van der Waals surface area contributed by atoms with E-state index >= 15 is 0 Å². The molecule has 0 radical (unpaired) electrons. The first kappa shape index (κ1) is 15.6. The fourth-order valence-electron chi connectivity index (χ4n) is 1.01. The van der Waals surface area contributed by atoms with E-state index in [1.807, 2.05) is 6.92 Å². The summed E-state index contributed by atoms with van der Waals surface area (Å²) in [4.78, 5) is 27.8. The molecular weight excluding hydrogens is 222 g/mol. The van der Waals surface area contributed by atoms with Crippen molar-refractivity contribution in [3.63, 3.8) is 0 Å². The summed E-state index contributed by atoms with van der Waals surface area (Å²) in [6.45, 7) is 8.79. The average Bonchev–Trinajstić information content (AvgIpc) is 2.28. The van der Waals surface area contributed by atoms with Crippen LogP contribution in [-0.4, -0.2) is 31.0 Å². The van der Waals surface area contributed by atoms with Crippen LogP contribution in [-0.2, 0) is 14.4 Å². The topological polar surface area (TPSA) is 79.5 Å². The van der Waals surface area contributed by atoms with Gasteiger partial charge in [0.05, 0.1) is 7.11 Å². The molecule has 0 unspecified atom stereocenters. The molecule has 0 aromatic rings. The molecule has 0 bridgehead atoms. The van der Waals surface area contributed by atoms with Gasteiger partial charge in [-0.2, -0.15) is 5.48 Å². The third kappa shape index (κ3) is 6.03. The second kappa shape index (κ2) is 7.81. The van der Waals surface area contributed by atoms with Crippen molar-refractivity contribution in [3.8, 4) is 0 Å². The number of nitrogens with one attached hydrogen (secondary N) is 3. The minimum atomic E-state index is -0.619. The van der Waals surface area contributed by atoms with E-state index in [-0.39, 0.29) is 11.8 Å². The van der Waals surface area contributed by atoms with Crippen molar-refractivity contribution in [1.82, 2.24) is 16.1 Å². The fourth-order valence-corrected chi connectivity index (χ4v) is 1.01. The van der Waals surface area contributed by atoms with Crippen LogP contribution in [0.3, 0.4) is 0 Å². The highest BCUT2D eigenvalue weighted by Gasteiger charge is 2.19. The highest BCUT2D eigenvalue weighted by molar-refractivity contribution is 5.89. The summed E-state index contributed by atoms with van der Waals surface area (Å²) in [6.07, 6.45) is 0.661. The minimum absolute atomic E-state index is 0.283. The van der Waals surface area contributed by atoms with Crippen LogP contribution in [0.25, 0.3) is 0 Å². The van der Waals surface area contributed by atoms with Gasteiger partial charge in [0.1, 0.15) is 12.1 Å². The maximum Gasteiger partial charge on any atom is 0.246 e. The first-order valence-electron chi connectivity index (χ1n) is 5.49. The van der Waals surface area contributed by atoms with Crippen LogP contribution in [0.4, 0.5) is 0 Å². The Labute approximate surface area is 102 Å². The van der Waals surface area contributed by atoms with E-state index < -0.39 is 12.1 Å². The molecule has 0 saturated heterocycles. The summed E-state index contributed by atoms with van der Waals surface area (Å²) in [7, 11) is 1.42. The molecule has 0 aromatic carbocycles. The molecule has 3 N–H and O–H groups in total. The maximum atomic E-state index is 11.6. The number of allylic oxidation sites excluding steroid dienone is 1. The van der Waals surface area contributed by atoms with Gasteiger partial charge in [0, 0.05) is 5.70 Å². The van der Waals surface area contributed by atoms with Gasteiger partial charge in [-0.3, -0.25) is 9.59 Å². The molecule has 98 valence electrons. The van der Waals surface area contributed by atoms with E-state index in [1.165, 1.54) is 7.11 Å². The Hall–Kier alpha value is -1.40. The Morgan fingerprint density at radius 3 is 2.29 bits per heavy atom. The summed E-state index contributed by atoms with van der Waals surface area (Å²) in [6, 6.07) is -1.14. The van der Waals surface area contributed by atoms with Crippen LogP contribution in [0.15, 0.2) is 12.3 Å². The normalized spacial score (nSPS) is 13.6. The first-order valence-corrected chi connectivity index (χ1v) is 5.49. The van der Waals surface area contributed by atoms with Gasteiger partial charge < -0.3 is 15.5 Å². The highest BCUT2D eigenvalue weighted by atomic mass is 16.6. The largest absolute Gasteiger partial charge is 0.343 e. The Morgan fingerprint density at radius 2 is 1.82 bits per heavy atom. The number of carbonyl (C=O) groups excluding carboxylic acids is 2. The molecule has 6 heteroatoms. The predicted molar refractivity (Wildman–Crippen MR) is 64.8 cm³/mol. The van der Waals surface area contributed by atoms with Crippen molar-refractivity contribution in [2.45, 2.75) is 39.3 Å². The van der Waals surface area contributed by atoms with Crippen molar-refractivity contribution in [3.05, 3.63) is 12.3 Å². The Morgan fingerprint density at radius 1 is 1.24 bits per heavy atom. The second-order valence-corrected chi connectivity index (χ2v) is 3.72. The molecule has 0 aliphatic heterocycles. The van der Waals surface area contributed by atoms with E-state index in [1.54, 1.807) is 13.8 Å². The highest BCUT2D eigenvalue weighted by Crippen LogP contribution is 1.93. The van der Waals surface area contributed by atoms with Crippen molar-refractivity contribution in [2.75, 3.05) is 7.11 Å². The quantitative estimate of drug-likeness (QED) is 0.553. The van der Waals surface area contributed by atoms with E-state index in [0.717, 1.165) is 0 Å². The number of hydrogen-bond donors (Lipinski definition) is 3. The van der Waals surface area contributed by atoms with Gasteiger partial charge in [-0.15, -0.1) is 0 Å². The van der Waals surface area contributed by atoms with Crippen LogP contribution in [0.5, 0.6) is 0 Å². The predicted octanol–water partition coefficient (Wildman–Crippen LogP) is 0.0705. The summed E-state index contributed by atoms with van der Waals surface area (Å²) in [5.74, 6) is -0.591. The average molecular weight is 243 g/mol. The molecule has 2 atom stereocenters. The molecule has 17 heavy (non-hydrogen) atoms. The van der Waals surface area contributed by atoms with Gasteiger partial charge in [-0.05, 0) is 20.3 Å². The van der Waals surface area contributed by atoms with Gasteiger partial charge in [-0.25, -0.2) is 0 Å². The third-order valence-electron chi connectivity index (χ3n) is 2.17. The molecular formula is C11H21N3O3. The fraction of sp³-hybridized carbons (Fsp3) is 0.636. The monoisotopic (exact) mass is 243 g/mol. The lowest BCUT2D eigenvalue weighted by Crippen LogP contribution is -2.50. The van der Waals surface area contributed by atoms with Gasteiger partial charge in [0.15, 0.2) is 0 Å².